The number of rotatable bonds is 9. The molecule has 0 bridgehead atoms. The lowest BCUT2D eigenvalue weighted by molar-refractivity contribution is -0.188. The van der Waals surface area contributed by atoms with Gasteiger partial charge in [0.05, 0.1) is 12.5 Å². The summed E-state index contributed by atoms with van der Waals surface area (Å²) in [4.78, 5) is 53.9. The van der Waals surface area contributed by atoms with Crippen molar-refractivity contribution < 1.29 is 28.7 Å². The van der Waals surface area contributed by atoms with Crippen LogP contribution in [0.15, 0.2) is 91.0 Å². The summed E-state index contributed by atoms with van der Waals surface area (Å²) >= 11 is 0. The van der Waals surface area contributed by atoms with Gasteiger partial charge in [0.15, 0.2) is 0 Å². The summed E-state index contributed by atoms with van der Waals surface area (Å²) in [6.45, 7) is -0.0685. The molecule has 5 rings (SSSR count). The SMILES string of the molecule is O=C(Cc1ccccc1)N[C@@H]1C(=O)N2[C@@H]1CNC2(C(=O)OCc1ccccc1)C(=O)OCc1ccccc1. The molecule has 0 unspecified atom stereocenters. The van der Waals surface area contributed by atoms with Gasteiger partial charge in [-0.15, -0.1) is 0 Å². The van der Waals surface area contributed by atoms with Crippen molar-refractivity contribution >= 4 is 23.8 Å². The smallest absolute Gasteiger partial charge is 0.359 e. The van der Waals surface area contributed by atoms with Gasteiger partial charge < -0.3 is 14.8 Å². The van der Waals surface area contributed by atoms with E-state index in [1.54, 1.807) is 48.5 Å². The molecule has 0 aromatic heterocycles. The van der Waals surface area contributed by atoms with Crippen molar-refractivity contribution in [1.29, 1.82) is 0 Å². The van der Waals surface area contributed by atoms with Crippen LogP contribution in [0.3, 0.4) is 0 Å². The van der Waals surface area contributed by atoms with Crippen molar-refractivity contribution in [3.63, 3.8) is 0 Å². The fraction of sp³-hybridized carbons (Fsp3) is 0.241. The third-order valence-electron chi connectivity index (χ3n) is 6.69. The average molecular weight is 514 g/mol. The Morgan fingerprint density at radius 3 is 1.76 bits per heavy atom. The maximum atomic E-state index is 13.4. The van der Waals surface area contributed by atoms with E-state index in [9.17, 15) is 19.2 Å². The quantitative estimate of drug-likeness (QED) is 0.254. The number of fused-ring (bicyclic) bond motifs is 1. The van der Waals surface area contributed by atoms with Gasteiger partial charge in [-0.05, 0) is 16.7 Å². The van der Waals surface area contributed by atoms with Crippen LogP contribution in [0.2, 0.25) is 0 Å². The second-order valence-electron chi connectivity index (χ2n) is 9.20. The number of nitrogens with one attached hydrogen (secondary N) is 2. The van der Waals surface area contributed by atoms with Crippen molar-refractivity contribution in [2.24, 2.45) is 0 Å². The normalized spacial score (nSPS) is 19.2. The number of benzene rings is 3. The number of nitrogens with zero attached hydrogens (tertiary/aromatic N) is 1. The van der Waals surface area contributed by atoms with Crippen LogP contribution >= 0.6 is 0 Å². The Morgan fingerprint density at radius 1 is 0.789 bits per heavy atom. The van der Waals surface area contributed by atoms with Crippen molar-refractivity contribution in [1.82, 2.24) is 15.5 Å². The first-order valence-electron chi connectivity index (χ1n) is 12.3. The summed E-state index contributed by atoms with van der Waals surface area (Å²) in [5.41, 5.74) is 0.112. The fourth-order valence-electron chi connectivity index (χ4n) is 4.75. The molecule has 2 aliphatic rings. The third-order valence-corrected chi connectivity index (χ3v) is 6.69. The predicted molar refractivity (Wildman–Crippen MR) is 136 cm³/mol. The van der Waals surface area contributed by atoms with E-state index in [4.69, 9.17) is 9.47 Å². The molecule has 2 N–H and O–H groups in total. The first-order valence-corrected chi connectivity index (χ1v) is 12.3. The summed E-state index contributed by atoms with van der Waals surface area (Å²) in [6, 6.07) is 25.7. The highest BCUT2D eigenvalue weighted by Gasteiger charge is 2.70. The van der Waals surface area contributed by atoms with Crippen LogP contribution in [0.1, 0.15) is 16.7 Å². The van der Waals surface area contributed by atoms with Gasteiger partial charge in [0, 0.05) is 6.54 Å². The Balaban J connectivity index is 1.32. The highest BCUT2D eigenvalue weighted by atomic mass is 16.6. The van der Waals surface area contributed by atoms with E-state index in [0.29, 0.717) is 0 Å². The van der Waals surface area contributed by atoms with Gasteiger partial charge in [0.25, 0.3) is 5.66 Å². The minimum atomic E-state index is -2.15. The molecule has 2 amide bonds. The molecule has 2 fully saturated rings. The molecule has 0 radical (unpaired) electrons. The second-order valence-corrected chi connectivity index (χ2v) is 9.20. The number of carbonyl (C=O) groups excluding carboxylic acids is 4. The maximum absolute atomic E-state index is 13.4. The first-order chi connectivity index (χ1) is 18.5. The summed E-state index contributed by atoms with van der Waals surface area (Å²) < 4.78 is 11.0. The Bertz CT molecular complexity index is 1260. The zero-order chi connectivity index (χ0) is 26.5. The highest BCUT2D eigenvalue weighted by Crippen LogP contribution is 2.36. The Hall–Kier alpha value is -4.50. The van der Waals surface area contributed by atoms with E-state index in [0.717, 1.165) is 21.6 Å². The van der Waals surface area contributed by atoms with Gasteiger partial charge in [-0.3, -0.25) is 19.8 Å². The minimum absolute atomic E-state index is 0.0843. The minimum Gasteiger partial charge on any atom is -0.458 e. The van der Waals surface area contributed by atoms with E-state index < -0.39 is 35.6 Å². The molecule has 2 saturated heterocycles. The van der Waals surface area contributed by atoms with Crippen molar-refractivity contribution in [3.8, 4) is 0 Å². The van der Waals surface area contributed by atoms with Crippen LogP contribution in [0.25, 0.3) is 0 Å². The number of hydrogen-bond donors (Lipinski definition) is 2. The van der Waals surface area contributed by atoms with Gasteiger partial charge in [0.1, 0.15) is 19.3 Å². The van der Waals surface area contributed by atoms with E-state index in [1.165, 1.54) is 0 Å². The molecule has 9 heteroatoms. The lowest BCUT2D eigenvalue weighted by Gasteiger charge is -2.47. The largest absolute Gasteiger partial charge is 0.458 e. The van der Waals surface area contributed by atoms with Gasteiger partial charge in [-0.2, -0.15) is 0 Å². The fourth-order valence-corrected chi connectivity index (χ4v) is 4.75. The topological polar surface area (TPSA) is 114 Å². The number of amides is 2. The van der Waals surface area contributed by atoms with Crippen molar-refractivity contribution in [2.45, 2.75) is 37.4 Å². The van der Waals surface area contributed by atoms with Crippen LogP contribution in [-0.4, -0.2) is 52.9 Å². The zero-order valence-corrected chi connectivity index (χ0v) is 20.5. The van der Waals surface area contributed by atoms with Gasteiger partial charge >= 0.3 is 11.9 Å². The standard InChI is InChI=1S/C29H27N3O6/c33-24(16-20-10-4-1-5-11-20)31-25-23-17-30-29(32(23)26(25)34,27(35)37-18-21-12-6-2-7-13-21)28(36)38-19-22-14-8-3-9-15-22/h1-15,23,25,30H,16-19H2,(H,31,33)/t23-,25+/m1/s1. The summed E-state index contributed by atoms with van der Waals surface area (Å²) in [5.74, 6) is -2.77. The van der Waals surface area contributed by atoms with Gasteiger partial charge in [0.2, 0.25) is 11.8 Å². The van der Waals surface area contributed by atoms with Gasteiger partial charge in [-0.25, -0.2) is 9.59 Å². The molecule has 9 nitrogen and oxygen atoms in total. The summed E-state index contributed by atoms with van der Waals surface area (Å²) in [5, 5.41) is 5.64. The van der Waals surface area contributed by atoms with Crippen molar-refractivity contribution in [3.05, 3.63) is 108 Å². The molecule has 38 heavy (non-hydrogen) atoms. The van der Waals surface area contributed by atoms with Crippen LogP contribution in [0, 0.1) is 0 Å². The predicted octanol–water partition coefficient (Wildman–Crippen LogP) is 1.71. The lowest BCUT2D eigenvalue weighted by atomic mass is 9.93. The number of β-lactam (4-membered cyclic amide) rings is 1. The lowest BCUT2D eigenvalue weighted by Crippen LogP contribution is -2.77. The molecule has 2 aliphatic heterocycles. The number of hydrogen-bond acceptors (Lipinski definition) is 7. The second kappa shape index (κ2) is 10.9. The summed E-state index contributed by atoms with van der Waals surface area (Å²) in [6.07, 6.45) is 0.105. The Kier molecular flexibility index (Phi) is 7.19. The van der Waals surface area contributed by atoms with E-state index in [-0.39, 0.29) is 32.1 Å². The van der Waals surface area contributed by atoms with Gasteiger partial charge in [-0.1, -0.05) is 91.0 Å². The monoisotopic (exact) mass is 513 g/mol. The first kappa shape index (κ1) is 25.2. The van der Waals surface area contributed by atoms with E-state index >= 15 is 0 Å². The Morgan fingerprint density at radius 2 is 1.26 bits per heavy atom. The molecular formula is C29H27N3O6. The Labute approximate surface area is 219 Å². The average Bonchev–Trinajstić information content (AvgIpc) is 3.32. The summed E-state index contributed by atoms with van der Waals surface area (Å²) in [7, 11) is 0. The molecule has 0 aliphatic carbocycles. The molecule has 0 spiro atoms. The van der Waals surface area contributed by atoms with Crippen LogP contribution < -0.4 is 10.6 Å². The molecule has 3 aromatic carbocycles. The van der Waals surface area contributed by atoms with Crippen LogP contribution in [0.4, 0.5) is 0 Å². The molecule has 2 heterocycles. The molecule has 0 saturated carbocycles. The number of esters is 2. The zero-order valence-electron chi connectivity index (χ0n) is 20.5. The molecule has 2 atom stereocenters. The van der Waals surface area contributed by atoms with Crippen LogP contribution in [0.5, 0.6) is 0 Å². The van der Waals surface area contributed by atoms with E-state index in [2.05, 4.69) is 10.6 Å². The van der Waals surface area contributed by atoms with Crippen molar-refractivity contribution in [2.75, 3.05) is 6.54 Å². The maximum Gasteiger partial charge on any atom is 0.359 e. The number of ether oxygens (including phenoxy) is 2. The van der Waals surface area contributed by atoms with Crippen LogP contribution in [-0.2, 0) is 48.3 Å². The third kappa shape index (κ3) is 4.88. The number of carbonyl (C=O) groups is 4. The molecular weight excluding hydrogens is 486 g/mol. The molecule has 194 valence electrons. The van der Waals surface area contributed by atoms with E-state index in [1.807, 2.05) is 42.5 Å². The molecule has 3 aromatic rings. The highest BCUT2D eigenvalue weighted by molar-refractivity contribution is 6.11.